The Morgan fingerprint density at radius 2 is 2.09 bits per heavy atom. The largest absolute Gasteiger partial charge is 0.363 e. The Morgan fingerprint density at radius 3 is 2.87 bits per heavy atom. The lowest BCUT2D eigenvalue weighted by Crippen LogP contribution is -2.50. The number of hydrogen-bond donors (Lipinski definition) is 1. The molecule has 1 N–H and O–H groups in total. The molecule has 1 aliphatic rings. The van der Waals surface area contributed by atoms with Crippen molar-refractivity contribution in [1.29, 1.82) is 0 Å². The van der Waals surface area contributed by atoms with Crippen LogP contribution in [-0.4, -0.2) is 61.8 Å². The summed E-state index contributed by atoms with van der Waals surface area (Å²) in [5.41, 5.74) is 0.703. The number of nitrogens with one attached hydrogen (secondary N) is 1. The molecule has 0 bridgehead atoms. The number of rotatable bonds is 2. The molecule has 0 spiro atoms. The Balaban J connectivity index is 1.43. The average molecular weight is 314 g/mol. The highest BCUT2D eigenvalue weighted by atomic mass is 16.5. The zero-order valence-electron chi connectivity index (χ0n) is 12.2. The Kier molecular flexibility index (Phi) is 3.26. The normalized spacial score (nSPS) is 15.1. The SMILES string of the molecule is O=C(Nc1ccon1)N1CCN(c2cncc3ncnn23)CC1. The Labute approximate surface area is 130 Å². The van der Waals surface area contributed by atoms with Crippen molar-refractivity contribution in [2.24, 2.45) is 0 Å². The van der Waals surface area contributed by atoms with Crippen molar-refractivity contribution >= 4 is 23.3 Å². The number of piperazine rings is 1. The fraction of sp³-hybridized carbons (Fsp3) is 0.308. The van der Waals surface area contributed by atoms with Crippen molar-refractivity contribution in [2.75, 3.05) is 36.4 Å². The van der Waals surface area contributed by atoms with Crippen molar-refractivity contribution in [3.63, 3.8) is 0 Å². The number of carbonyl (C=O) groups excluding carboxylic acids is 1. The van der Waals surface area contributed by atoms with Gasteiger partial charge in [-0.1, -0.05) is 5.16 Å². The van der Waals surface area contributed by atoms with E-state index in [2.05, 4.69) is 30.4 Å². The first-order chi connectivity index (χ1) is 11.3. The fourth-order valence-electron chi connectivity index (χ4n) is 2.56. The third-order valence-corrected chi connectivity index (χ3v) is 3.73. The molecule has 1 saturated heterocycles. The van der Waals surface area contributed by atoms with Gasteiger partial charge in [0.2, 0.25) is 0 Å². The molecule has 10 nitrogen and oxygen atoms in total. The molecular weight excluding hydrogens is 300 g/mol. The van der Waals surface area contributed by atoms with Crippen LogP contribution in [0.4, 0.5) is 16.4 Å². The molecule has 0 aromatic carbocycles. The average Bonchev–Trinajstić information content (AvgIpc) is 3.25. The lowest BCUT2D eigenvalue weighted by Gasteiger charge is -2.35. The highest BCUT2D eigenvalue weighted by Gasteiger charge is 2.23. The summed E-state index contributed by atoms with van der Waals surface area (Å²) in [7, 11) is 0. The van der Waals surface area contributed by atoms with Gasteiger partial charge in [-0.05, 0) is 0 Å². The maximum atomic E-state index is 12.2. The second-order valence-corrected chi connectivity index (χ2v) is 5.08. The molecule has 0 aliphatic carbocycles. The van der Waals surface area contributed by atoms with E-state index >= 15 is 0 Å². The maximum absolute atomic E-state index is 12.2. The molecule has 4 heterocycles. The summed E-state index contributed by atoms with van der Waals surface area (Å²) in [6.07, 6.45) is 6.34. The smallest absolute Gasteiger partial charge is 0.323 e. The van der Waals surface area contributed by atoms with E-state index in [9.17, 15) is 4.79 Å². The van der Waals surface area contributed by atoms with Gasteiger partial charge < -0.3 is 14.3 Å². The van der Waals surface area contributed by atoms with Gasteiger partial charge in [0.15, 0.2) is 17.3 Å². The predicted molar refractivity (Wildman–Crippen MR) is 80.1 cm³/mol. The number of nitrogens with zero attached hydrogens (tertiary/aromatic N) is 7. The minimum Gasteiger partial charge on any atom is -0.363 e. The second kappa shape index (κ2) is 5.55. The van der Waals surface area contributed by atoms with E-state index in [1.54, 1.807) is 27.9 Å². The minimum atomic E-state index is -0.185. The summed E-state index contributed by atoms with van der Waals surface area (Å²) in [6, 6.07) is 1.42. The van der Waals surface area contributed by atoms with Crippen LogP contribution >= 0.6 is 0 Å². The van der Waals surface area contributed by atoms with Crippen LogP contribution in [0.25, 0.3) is 5.65 Å². The Bertz CT molecular complexity index is 806. The van der Waals surface area contributed by atoms with Crippen molar-refractivity contribution in [1.82, 2.24) is 29.6 Å². The van der Waals surface area contributed by atoms with Crippen molar-refractivity contribution in [3.8, 4) is 0 Å². The summed E-state index contributed by atoms with van der Waals surface area (Å²) < 4.78 is 6.44. The summed E-state index contributed by atoms with van der Waals surface area (Å²) in [5.74, 6) is 1.28. The first kappa shape index (κ1) is 13.5. The van der Waals surface area contributed by atoms with Crippen LogP contribution in [0.2, 0.25) is 0 Å². The van der Waals surface area contributed by atoms with Crippen LogP contribution in [-0.2, 0) is 0 Å². The van der Waals surface area contributed by atoms with Gasteiger partial charge in [-0.25, -0.2) is 9.78 Å². The van der Waals surface area contributed by atoms with Gasteiger partial charge in [-0.2, -0.15) is 9.61 Å². The van der Waals surface area contributed by atoms with Gasteiger partial charge in [-0.15, -0.1) is 0 Å². The summed E-state index contributed by atoms with van der Waals surface area (Å²) in [5, 5.41) is 10.6. The first-order valence-electron chi connectivity index (χ1n) is 7.16. The quantitative estimate of drug-likeness (QED) is 0.733. The lowest BCUT2D eigenvalue weighted by atomic mass is 10.3. The zero-order valence-corrected chi connectivity index (χ0v) is 12.2. The van der Waals surface area contributed by atoms with Gasteiger partial charge in [0.25, 0.3) is 0 Å². The molecule has 4 rings (SSSR count). The van der Waals surface area contributed by atoms with Gasteiger partial charge in [0, 0.05) is 32.2 Å². The van der Waals surface area contributed by atoms with Crippen LogP contribution < -0.4 is 10.2 Å². The molecule has 3 aromatic rings. The maximum Gasteiger partial charge on any atom is 0.323 e. The minimum absolute atomic E-state index is 0.185. The van der Waals surface area contributed by atoms with Gasteiger partial charge in [-0.3, -0.25) is 10.3 Å². The molecule has 2 amide bonds. The van der Waals surface area contributed by atoms with E-state index < -0.39 is 0 Å². The molecule has 10 heteroatoms. The highest BCUT2D eigenvalue weighted by molar-refractivity contribution is 5.88. The number of anilines is 2. The number of urea groups is 1. The van der Waals surface area contributed by atoms with Gasteiger partial charge in [0.1, 0.15) is 12.6 Å². The number of aromatic nitrogens is 5. The molecular formula is C13H14N8O2. The van der Waals surface area contributed by atoms with Crippen LogP contribution in [0.5, 0.6) is 0 Å². The summed E-state index contributed by atoms with van der Waals surface area (Å²) in [4.78, 5) is 24.3. The molecule has 1 aliphatic heterocycles. The molecule has 3 aromatic heterocycles. The van der Waals surface area contributed by atoms with E-state index in [4.69, 9.17) is 4.52 Å². The van der Waals surface area contributed by atoms with Crippen LogP contribution in [0, 0.1) is 0 Å². The topological polar surface area (TPSA) is 105 Å². The number of hydrogen-bond acceptors (Lipinski definition) is 7. The molecule has 0 radical (unpaired) electrons. The van der Waals surface area contributed by atoms with Crippen molar-refractivity contribution in [3.05, 3.63) is 31.1 Å². The molecule has 118 valence electrons. The van der Waals surface area contributed by atoms with E-state index in [1.807, 2.05) is 0 Å². The molecule has 1 fully saturated rings. The van der Waals surface area contributed by atoms with E-state index in [0.29, 0.717) is 37.6 Å². The van der Waals surface area contributed by atoms with E-state index in [0.717, 1.165) is 5.82 Å². The fourth-order valence-corrected chi connectivity index (χ4v) is 2.56. The van der Waals surface area contributed by atoms with Crippen LogP contribution in [0.3, 0.4) is 0 Å². The number of carbonyl (C=O) groups is 1. The summed E-state index contributed by atoms with van der Waals surface area (Å²) in [6.45, 7) is 2.56. The predicted octanol–water partition coefficient (Wildman–Crippen LogP) is 0.466. The number of fused-ring (bicyclic) bond motifs is 1. The van der Waals surface area contributed by atoms with Gasteiger partial charge in [0.05, 0.1) is 12.4 Å². The second-order valence-electron chi connectivity index (χ2n) is 5.08. The van der Waals surface area contributed by atoms with E-state index in [-0.39, 0.29) is 6.03 Å². The van der Waals surface area contributed by atoms with Crippen LogP contribution in [0.1, 0.15) is 0 Å². The van der Waals surface area contributed by atoms with Gasteiger partial charge >= 0.3 is 6.03 Å². The summed E-state index contributed by atoms with van der Waals surface area (Å²) >= 11 is 0. The molecule has 23 heavy (non-hydrogen) atoms. The van der Waals surface area contributed by atoms with Crippen molar-refractivity contribution in [2.45, 2.75) is 0 Å². The standard InChI is InChI=1S/C13H14N8O2/c22-13(17-10-1-6-23-18-10)20-4-2-19(3-5-20)12-8-14-7-11-15-9-16-21(11)12/h1,6-9H,2-5H2,(H,17,18,22). The molecule has 0 atom stereocenters. The third kappa shape index (κ3) is 2.54. The molecule has 0 unspecified atom stereocenters. The molecule has 0 saturated carbocycles. The van der Waals surface area contributed by atoms with E-state index in [1.165, 1.54) is 12.6 Å². The number of amides is 2. The Hall–Kier alpha value is -3.17. The third-order valence-electron chi connectivity index (χ3n) is 3.73. The first-order valence-corrected chi connectivity index (χ1v) is 7.16. The van der Waals surface area contributed by atoms with Crippen molar-refractivity contribution < 1.29 is 9.32 Å². The van der Waals surface area contributed by atoms with Crippen LogP contribution in [0.15, 0.2) is 35.6 Å². The highest BCUT2D eigenvalue weighted by Crippen LogP contribution is 2.16. The Morgan fingerprint density at radius 1 is 1.22 bits per heavy atom. The zero-order chi connectivity index (χ0) is 15.6. The monoisotopic (exact) mass is 314 g/mol. The lowest BCUT2D eigenvalue weighted by molar-refractivity contribution is 0.207.